The Morgan fingerprint density at radius 1 is 0.967 bits per heavy atom. The molecule has 0 radical (unpaired) electrons. The molecule has 2 aliphatic rings. The lowest BCUT2D eigenvalue weighted by atomic mass is 10.0. The number of likely N-dealkylation sites (tertiary alicyclic amines) is 1. The molecular weight excluding hydrogens is 400 g/mol. The normalized spacial score (nSPS) is 25.4. The van der Waals surface area contributed by atoms with Crippen molar-refractivity contribution in [2.75, 3.05) is 19.6 Å². The highest BCUT2D eigenvalue weighted by atomic mass is 32.2. The molecule has 2 saturated heterocycles. The number of hydrogen-bond donors (Lipinski definition) is 0. The zero-order chi connectivity index (χ0) is 21.3. The van der Waals surface area contributed by atoms with Gasteiger partial charge in [-0.25, -0.2) is 8.42 Å². The first kappa shape index (κ1) is 21.0. The van der Waals surface area contributed by atoms with Crippen molar-refractivity contribution in [1.82, 2.24) is 9.21 Å². The van der Waals surface area contributed by atoms with E-state index in [4.69, 9.17) is 4.74 Å². The number of morpholine rings is 1. The summed E-state index contributed by atoms with van der Waals surface area (Å²) in [6, 6.07) is 16.5. The number of rotatable bonds is 4. The SMILES string of the molecule is CC1CN(S(=O)(=O)c2ccc(C(=O)N3CCCC3c3ccccc3)cc2)CC(C)O1. The lowest BCUT2D eigenvalue weighted by molar-refractivity contribution is -0.0440. The molecule has 1 amide bonds. The van der Waals surface area contributed by atoms with Gasteiger partial charge in [0.2, 0.25) is 10.0 Å². The number of carbonyl (C=O) groups is 1. The standard InChI is InChI=1S/C23H28N2O4S/c1-17-15-24(16-18(2)29-17)30(27,28)21-12-10-20(11-13-21)23(26)25-14-6-9-22(25)19-7-4-3-5-8-19/h3-5,7-8,10-13,17-18,22H,6,9,14-16H2,1-2H3. The Balaban J connectivity index is 1.52. The predicted molar refractivity (Wildman–Crippen MR) is 115 cm³/mol. The summed E-state index contributed by atoms with van der Waals surface area (Å²) in [5.74, 6) is -0.0566. The van der Waals surface area contributed by atoms with E-state index in [2.05, 4.69) is 12.1 Å². The Hall–Kier alpha value is -2.22. The summed E-state index contributed by atoms with van der Waals surface area (Å²) in [4.78, 5) is 15.2. The van der Waals surface area contributed by atoms with E-state index in [9.17, 15) is 13.2 Å². The molecule has 0 aromatic heterocycles. The summed E-state index contributed by atoms with van der Waals surface area (Å²) in [5.41, 5.74) is 1.65. The summed E-state index contributed by atoms with van der Waals surface area (Å²) in [6.45, 7) is 5.13. The third-order valence-electron chi connectivity index (χ3n) is 5.82. The Morgan fingerprint density at radius 3 is 2.23 bits per heavy atom. The monoisotopic (exact) mass is 428 g/mol. The van der Waals surface area contributed by atoms with Gasteiger partial charge in [0, 0.05) is 25.2 Å². The first-order valence-electron chi connectivity index (χ1n) is 10.5. The molecule has 4 rings (SSSR count). The molecule has 6 nitrogen and oxygen atoms in total. The minimum absolute atomic E-state index is 0.0566. The Labute approximate surface area is 178 Å². The Kier molecular flexibility index (Phi) is 5.95. The third kappa shape index (κ3) is 4.15. The fraction of sp³-hybridized carbons (Fsp3) is 0.435. The van der Waals surface area contributed by atoms with Gasteiger partial charge in [0.25, 0.3) is 5.91 Å². The molecule has 2 aromatic carbocycles. The van der Waals surface area contributed by atoms with Crippen LogP contribution < -0.4 is 0 Å². The molecule has 0 spiro atoms. The van der Waals surface area contributed by atoms with Crippen LogP contribution in [-0.4, -0.2) is 55.4 Å². The molecule has 7 heteroatoms. The maximum absolute atomic E-state index is 13.1. The summed E-state index contributed by atoms with van der Waals surface area (Å²) in [6.07, 6.45) is 1.62. The van der Waals surface area contributed by atoms with Crippen LogP contribution in [0, 0.1) is 0 Å². The molecule has 3 unspecified atom stereocenters. The highest BCUT2D eigenvalue weighted by Crippen LogP contribution is 2.33. The van der Waals surface area contributed by atoms with E-state index >= 15 is 0 Å². The summed E-state index contributed by atoms with van der Waals surface area (Å²) in [7, 11) is -3.61. The Morgan fingerprint density at radius 2 is 1.60 bits per heavy atom. The fourth-order valence-electron chi connectivity index (χ4n) is 4.44. The zero-order valence-corrected chi connectivity index (χ0v) is 18.2. The average Bonchev–Trinajstić information content (AvgIpc) is 3.23. The summed E-state index contributed by atoms with van der Waals surface area (Å²) < 4.78 is 33.2. The molecule has 2 fully saturated rings. The van der Waals surface area contributed by atoms with E-state index in [1.165, 1.54) is 4.31 Å². The molecule has 0 saturated carbocycles. The summed E-state index contributed by atoms with van der Waals surface area (Å²) >= 11 is 0. The van der Waals surface area contributed by atoms with Gasteiger partial charge in [0.1, 0.15) is 0 Å². The third-order valence-corrected chi connectivity index (χ3v) is 7.67. The minimum Gasteiger partial charge on any atom is -0.373 e. The highest BCUT2D eigenvalue weighted by Gasteiger charge is 2.33. The highest BCUT2D eigenvalue weighted by molar-refractivity contribution is 7.89. The van der Waals surface area contributed by atoms with Gasteiger partial charge < -0.3 is 9.64 Å². The number of hydrogen-bond acceptors (Lipinski definition) is 4. The van der Waals surface area contributed by atoms with Crippen LogP contribution in [-0.2, 0) is 14.8 Å². The van der Waals surface area contributed by atoms with E-state index < -0.39 is 10.0 Å². The smallest absolute Gasteiger partial charge is 0.254 e. The lowest BCUT2D eigenvalue weighted by Crippen LogP contribution is -2.48. The van der Waals surface area contributed by atoms with Gasteiger partial charge in [-0.2, -0.15) is 4.31 Å². The Bertz CT molecular complexity index is 982. The average molecular weight is 429 g/mol. The van der Waals surface area contributed by atoms with Gasteiger partial charge in [0.05, 0.1) is 23.1 Å². The fourth-order valence-corrected chi connectivity index (χ4v) is 6.03. The van der Waals surface area contributed by atoms with E-state index in [1.54, 1.807) is 24.3 Å². The second-order valence-corrected chi connectivity index (χ2v) is 10.1. The number of ether oxygens (including phenoxy) is 1. The zero-order valence-electron chi connectivity index (χ0n) is 17.4. The van der Waals surface area contributed by atoms with Crippen molar-refractivity contribution in [3.8, 4) is 0 Å². The van der Waals surface area contributed by atoms with Crippen molar-refractivity contribution in [2.24, 2.45) is 0 Å². The van der Waals surface area contributed by atoms with Crippen LogP contribution in [0.2, 0.25) is 0 Å². The van der Waals surface area contributed by atoms with Gasteiger partial charge in [0.15, 0.2) is 0 Å². The lowest BCUT2D eigenvalue weighted by Gasteiger charge is -2.34. The van der Waals surface area contributed by atoms with Crippen LogP contribution in [0.15, 0.2) is 59.5 Å². The molecule has 2 aliphatic heterocycles. The molecule has 2 aromatic rings. The van der Waals surface area contributed by atoms with Crippen LogP contribution in [0.4, 0.5) is 0 Å². The molecule has 0 aliphatic carbocycles. The van der Waals surface area contributed by atoms with Gasteiger partial charge in [-0.15, -0.1) is 0 Å². The first-order chi connectivity index (χ1) is 14.4. The van der Waals surface area contributed by atoms with Crippen LogP contribution in [0.1, 0.15) is 48.7 Å². The number of nitrogens with zero attached hydrogens (tertiary/aromatic N) is 2. The van der Waals surface area contributed by atoms with Gasteiger partial charge in [-0.3, -0.25) is 4.79 Å². The maximum atomic E-state index is 13.1. The van der Waals surface area contributed by atoms with Gasteiger partial charge >= 0.3 is 0 Å². The van der Waals surface area contributed by atoms with E-state index in [-0.39, 0.29) is 29.1 Å². The van der Waals surface area contributed by atoms with E-state index in [1.807, 2.05) is 36.9 Å². The van der Waals surface area contributed by atoms with Crippen molar-refractivity contribution < 1.29 is 17.9 Å². The molecule has 0 N–H and O–H groups in total. The maximum Gasteiger partial charge on any atom is 0.254 e. The van der Waals surface area contributed by atoms with Crippen molar-refractivity contribution in [1.29, 1.82) is 0 Å². The van der Waals surface area contributed by atoms with Crippen molar-refractivity contribution >= 4 is 15.9 Å². The van der Waals surface area contributed by atoms with Crippen LogP contribution in [0.5, 0.6) is 0 Å². The predicted octanol–water partition coefficient (Wildman–Crippen LogP) is 3.46. The molecule has 2 heterocycles. The van der Waals surface area contributed by atoms with E-state index in [0.717, 1.165) is 18.4 Å². The molecule has 0 bridgehead atoms. The van der Waals surface area contributed by atoms with Crippen LogP contribution in [0.3, 0.4) is 0 Å². The van der Waals surface area contributed by atoms with Crippen molar-refractivity contribution in [3.05, 3.63) is 65.7 Å². The van der Waals surface area contributed by atoms with Crippen LogP contribution >= 0.6 is 0 Å². The first-order valence-corrected chi connectivity index (χ1v) is 11.9. The number of carbonyl (C=O) groups excluding carboxylic acids is 1. The second kappa shape index (κ2) is 8.49. The van der Waals surface area contributed by atoms with Crippen molar-refractivity contribution in [3.63, 3.8) is 0 Å². The number of amides is 1. The number of sulfonamides is 1. The van der Waals surface area contributed by atoms with Crippen LogP contribution in [0.25, 0.3) is 0 Å². The summed E-state index contributed by atoms with van der Waals surface area (Å²) in [5, 5.41) is 0. The number of benzene rings is 2. The van der Waals surface area contributed by atoms with E-state index in [0.29, 0.717) is 25.2 Å². The minimum atomic E-state index is -3.61. The largest absolute Gasteiger partial charge is 0.373 e. The molecule has 3 atom stereocenters. The molecule has 30 heavy (non-hydrogen) atoms. The molecule has 160 valence electrons. The molecular formula is C23H28N2O4S. The van der Waals surface area contributed by atoms with Gasteiger partial charge in [-0.05, 0) is 56.5 Å². The topological polar surface area (TPSA) is 66.9 Å². The quantitative estimate of drug-likeness (QED) is 0.748. The van der Waals surface area contributed by atoms with Crippen molar-refractivity contribution in [2.45, 2.75) is 49.8 Å². The van der Waals surface area contributed by atoms with Gasteiger partial charge in [-0.1, -0.05) is 30.3 Å². The second-order valence-electron chi connectivity index (χ2n) is 8.17.